The number of esters is 2. The van der Waals surface area contributed by atoms with E-state index in [9.17, 15) is 9.59 Å². The summed E-state index contributed by atoms with van der Waals surface area (Å²) in [5, 5.41) is 0. The van der Waals surface area contributed by atoms with Crippen LogP contribution in [0.15, 0.2) is 47.1 Å². The summed E-state index contributed by atoms with van der Waals surface area (Å²) in [6.07, 6.45) is 1.62. The topological polar surface area (TPSA) is 74.2 Å². The Morgan fingerprint density at radius 1 is 1.25 bits per heavy atom. The molecule has 0 spiro atoms. The van der Waals surface area contributed by atoms with E-state index in [4.69, 9.17) is 14.2 Å². The van der Waals surface area contributed by atoms with E-state index in [1.807, 2.05) is 38.1 Å². The normalized spacial score (nSPS) is 14.6. The molecule has 0 unspecified atom stereocenters. The molecule has 0 atom stereocenters. The van der Waals surface area contributed by atoms with Crippen molar-refractivity contribution in [3.63, 3.8) is 0 Å². The fraction of sp³-hybridized carbons (Fsp3) is 0.190. The second-order valence-corrected chi connectivity index (χ2v) is 7.22. The van der Waals surface area contributed by atoms with Crippen molar-refractivity contribution < 1.29 is 23.8 Å². The van der Waals surface area contributed by atoms with Crippen molar-refractivity contribution in [2.45, 2.75) is 20.8 Å². The van der Waals surface area contributed by atoms with E-state index >= 15 is 0 Å². The first-order valence-electron chi connectivity index (χ1n) is 8.61. The zero-order chi connectivity index (χ0) is 20.3. The highest BCUT2D eigenvalue weighted by Crippen LogP contribution is 2.35. The standard InChI is InChI=1S/C21H18INO5/c1-4-26-18-11-14(9-16(22)19(18)27-13(3)24)10-17-21(25)28-20(23-17)15-7-5-12(2)6-8-15/h5-11H,4H2,1-3H3/b17-10-. The zero-order valence-corrected chi connectivity index (χ0v) is 17.8. The maximum absolute atomic E-state index is 12.2. The first-order valence-corrected chi connectivity index (χ1v) is 9.69. The molecule has 3 rings (SSSR count). The predicted molar refractivity (Wildman–Crippen MR) is 113 cm³/mol. The molecule has 1 heterocycles. The van der Waals surface area contributed by atoms with E-state index in [0.29, 0.717) is 27.2 Å². The van der Waals surface area contributed by atoms with Crippen molar-refractivity contribution in [3.05, 3.63) is 62.4 Å². The number of hydrogen-bond donors (Lipinski definition) is 0. The summed E-state index contributed by atoms with van der Waals surface area (Å²) in [5.74, 6) is 0.0947. The van der Waals surface area contributed by atoms with Crippen LogP contribution >= 0.6 is 22.6 Å². The minimum Gasteiger partial charge on any atom is -0.490 e. The van der Waals surface area contributed by atoms with Crippen molar-refractivity contribution in [1.29, 1.82) is 0 Å². The molecule has 0 aromatic heterocycles. The van der Waals surface area contributed by atoms with Crippen LogP contribution < -0.4 is 9.47 Å². The highest BCUT2D eigenvalue weighted by atomic mass is 127. The lowest BCUT2D eigenvalue weighted by Gasteiger charge is -2.12. The van der Waals surface area contributed by atoms with Gasteiger partial charge in [0.2, 0.25) is 5.90 Å². The Bertz CT molecular complexity index is 993. The van der Waals surface area contributed by atoms with Crippen LogP contribution in [0.3, 0.4) is 0 Å². The molecule has 0 saturated carbocycles. The lowest BCUT2D eigenvalue weighted by molar-refractivity contribution is -0.132. The Balaban J connectivity index is 1.96. The van der Waals surface area contributed by atoms with Crippen molar-refractivity contribution in [2.75, 3.05) is 6.61 Å². The molecule has 1 aliphatic heterocycles. The maximum atomic E-state index is 12.2. The molecule has 0 amide bonds. The molecule has 1 aliphatic rings. The fourth-order valence-corrected chi connectivity index (χ4v) is 3.30. The monoisotopic (exact) mass is 491 g/mol. The van der Waals surface area contributed by atoms with Gasteiger partial charge in [-0.05, 0) is 72.3 Å². The third-order valence-corrected chi connectivity index (χ3v) is 4.60. The lowest BCUT2D eigenvalue weighted by Crippen LogP contribution is -2.06. The highest BCUT2D eigenvalue weighted by Gasteiger charge is 2.24. The first kappa shape index (κ1) is 20.1. The Morgan fingerprint density at radius 3 is 2.61 bits per heavy atom. The Hall–Kier alpha value is -2.68. The molecule has 0 bridgehead atoms. The summed E-state index contributed by atoms with van der Waals surface area (Å²) in [6, 6.07) is 11.0. The molecule has 0 fully saturated rings. The number of carbonyl (C=O) groups is 2. The molecular formula is C21H18INO5. The molecule has 0 aliphatic carbocycles. The van der Waals surface area contributed by atoms with E-state index in [1.54, 1.807) is 18.2 Å². The van der Waals surface area contributed by atoms with Crippen molar-refractivity contribution in [3.8, 4) is 11.5 Å². The second-order valence-electron chi connectivity index (χ2n) is 6.06. The predicted octanol–water partition coefficient (Wildman–Crippen LogP) is 4.27. The van der Waals surface area contributed by atoms with E-state index in [0.717, 1.165) is 11.1 Å². The summed E-state index contributed by atoms with van der Waals surface area (Å²) < 4.78 is 16.8. The summed E-state index contributed by atoms with van der Waals surface area (Å²) in [4.78, 5) is 27.9. The minimum absolute atomic E-state index is 0.189. The van der Waals surface area contributed by atoms with Gasteiger partial charge < -0.3 is 14.2 Å². The maximum Gasteiger partial charge on any atom is 0.363 e. The molecule has 144 valence electrons. The van der Waals surface area contributed by atoms with Gasteiger partial charge in [0.1, 0.15) is 0 Å². The van der Waals surface area contributed by atoms with Crippen LogP contribution in [0.2, 0.25) is 0 Å². The van der Waals surface area contributed by atoms with E-state index < -0.39 is 11.9 Å². The van der Waals surface area contributed by atoms with Gasteiger partial charge in [-0.3, -0.25) is 4.79 Å². The molecular weight excluding hydrogens is 473 g/mol. The van der Waals surface area contributed by atoms with Crippen LogP contribution in [0.4, 0.5) is 0 Å². The fourth-order valence-electron chi connectivity index (χ4n) is 2.56. The minimum atomic E-state index is -0.521. The largest absolute Gasteiger partial charge is 0.490 e. The smallest absolute Gasteiger partial charge is 0.363 e. The Kier molecular flexibility index (Phi) is 6.13. The number of ether oxygens (including phenoxy) is 3. The Morgan fingerprint density at radius 2 is 1.96 bits per heavy atom. The van der Waals surface area contributed by atoms with Crippen LogP contribution in [0.1, 0.15) is 30.5 Å². The van der Waals surface area contributed by atoms with Crippen LogP contribution in [-0.4, -0.2) is 24.4 Å². The number of halogens is 1. The van der Waals surface area contributed by atoms with Gasteiger partial charge in [-0.2, -0.15) is 0 Å². The molecule has 2 aromatic rings. The lowest BCUT2D eigenvalue weighted by atomic mass is 10.1. The van der Waals surface area contributed by atoms with Crippen molar-refractivity contribution >= 4 is 46.5 Å². The van der Waals surface area contributed by atoms with Crippen LogP contribution in [0, 0.1) is 10.5 Å². The van der Waals surface area contributed by atoms with E-state index in [1.165, 1.54) is 6.92 Å². The van der Waals surface area contributed by atoms with Gasteiger partial charge in [-0.15, -0.1) is 0 Å². The summed E-state index contributed by atoms with van der Waals surface area (Å²) in [7, 11) is 0. The average molecular weight is 491 g/mol. The first-order chi connectivity index (χ1) is 13.4. The number of nitrogens with zero attached hydrogens (tertiary/aromatic N) is 1. The molecule has 0 saturated heterocycles. The summed E-state index contributed by atoms with van der Waals surface area (Å²) in [5.41, 5.74) is 2.71. The quantitative estimate of drug-likeness (QED) is 0.271. The number of carbonyl (C=O) groups excluding carboxylic acids is 2. The van der Waals surface area contributed by atoms with Crippen LogP contribution in [-0.2, 0) is 14.3 Å². The Labute approximate surface area is 176 Å². The zero-order valence-electron chi connectivity index (χ0n) is 15.6. The SMILES string of the molecule is CCOc1cc(/C=C2\N=C(c3ccc(C)cc3)OC2=O)cc(I)c1OC(C)=O. The number of cyclic esters (lactones) is 1. The number of aliphatic imine (C=N–C) groups is 1. The summed E-state index contributed by atoms with van der Waals surface area (Å²) in [6.45, 7) is 5.55. The molecule has 0 N–H and O–H groups in total. The number of rotatable bonds is 5. The van der Waals surface area contributed by atoms with Gasteiger partial charge >= 0.3 is 11.9 Å². The molecule has 0 radical (unpaired) electrons. The van der Waals surface area contributed by atoms with Crippen LogP contribution in [0.25, 0.3) is 6.08 Å². The van der Waals surface area contributed by atoms with Crippen molar-refractivity contribution in [1.82, 2.24) is 0 Å². The third kappa shape index (κ3) is 4.59. The number of hydrogen-bond acceptors (Lipinski definition) is 6. The van der Waals surface area contributed by atoms with Gasteiger partial charge in [0.05, 0.1) is 10.2 Å². The van der Waals surface area contributed by atoms with E-state index in [-0.39, 0.29) is 11.6 Å². The second kappa shape index (κ2) is 8.55. The van der Waals surface area contributed by atoms with Gasteiger partial charge in [-0.1, -0.05) is 17.7 Å². The number of benzene rings is 2. The summed E-state index contributed by atoms with van der Waals surface area (Å²) >= 11 is 2.05. The average Bonchev–Trinajstić information content (AvgIpc) is 2.99. The van der Waals surface area contributed by atoms with Gasteiger partial charge in [0.15, 0.2) is 17.2 Å². The third-order valence-electron chi connectivity index (χ3n) is 3.80. The van der Waals surface area contributed by atoms with Gasteiger partial charge in [-0.25, -0.2) is 9.79 Å². The van der Waals surface area contributed by atoms with Crippen LogP contribution in [0.5, 0.6) is 11.5 Å². The number of aryl methyl sites for hydroxylation is 1. The molecule has 2 aromatic carbocycles. The van der Waals surface area contributed by atoms with E-state index in [2.05, 4.69) is 27.6 Å². The molecule has 7 heteroatoms. The highest BCUT2D eigenvalue weighted by molar-refractivity contribution is 14.1. The van der Waals surface area contributed by atoms with Crippen molar-refractivity contribution in [2.24, 2.45) is 4.99 Å². The van der Waals surface area contributed by atoms with Gasteiger partial charge in [0, 0.05) is 12.5 Å². The molecule has 6 nitrogen and oxygen atoms in total. The molecule has 28 heavy (non-hydrogen) atoms. The van der Waals surface area contributed by atoms with Gasteiger partial charge in [0.25, 0.3) is 0 Å².